The summed E-state index contributed by atoms with van der Waals surface area (Å²) in [6.45, 7) is 5.27. The van der Waals surface area contributed by atoms with E-state index in [1.807, 2.05) is 0 Å². The van der Waals surface area contributed by atoms with Gasteiger partial charge in [0.05, 0.1) is 0 Å². The molecule has 0 atom stereocenters. The summed E-state index contributed by atoms with van der Waals surface area (Å²) in [5, 5.41) is 2.83. The number of hydrogen-bond donors (Lipinski definition) is 1. The molecule has 0 aliphatic carbocycles. The average Bonchev–Trinajstić information content (AvgIpc) is 2.49. The van der Waals surface area contributed by atoms with Crippen LogP contribution in [0, 0.1) is 5.82 Å². The number of hydrogen-bond acceptors (Lipinski definition) is 2. The molecule has 2 amide bonds. The van der Waals surface area contributed by atoms with Gasteiger partial charge in [-0.2, -0.15) is 0 Å². The highest BCUT2D eigenvalue weighted by Gasteiger charge is 2.10. The molecule has 0 aliphatic rings. The zero-order chi connectivity index (χ0) is 16.4. The van der Waals surface area contributed by atoms with Gasteiger partial charge < -0.3 is 10.2 Å². The van der Waals surface area contributed by atoms with E-state index < -0.39 is 0 Å². The molecule has 122 valence electrons. The molecule has 1 aromatic carbocycles. The first-order valence-corrected chi connectivity index (χ1v) is 7.79. The minimum Gasteiger partial charge on any atom is -0.356 e. The Labute approximate surface area is 131 Å². The van der Waals surface area contributed by atoms with Gasteiger partial charge in [-0.15, -0.1) is 0 Å². The number of nitrogens with one attached hydrogen (secondary N) is 1. The van der Waals surface area contributed by atoms with Crippen molar-refractivity contribution in [1.82, 2.24) is 10.2 Å². The van der Waals surface area contributed by atoms with Crippen LogP contribution >= 0.6 is 0 Å². The molecule has 0 radical (unpaired) electrons. The molecule has 1 aromatic rings. The van der Waals surface area contributed by atoms with E-state index in [1.54, 1.807) is 17.0 Å². The van der Waals surface area contributed by atoms with Crippen molar-refractivity contribution >= 4 is 11.8 Å². The summed E-state index contributed by atoms with van der Waals surface area (Å²) in [4.78, 5) is 24.9. The molecule has 0 fully saturated rings. The summed E-state index contributed by atoms with van der Waals surface area (Å²) >= 11 is 0. The highest BCUT2D eigenvalue weighted by atomic mass is 19.1. The van der Waals surface area contributed by atoms with Crippen molar-refractivity contribution in [3.05, 3.63) is 35.6 Å². The van der Waals surface area contributed by atoms with Gasteiger partial charge in [0.25, 0.3) is 0 Å². The van der Waals surface area contributed by atoms with Gasteiger partial charge in [-0.05, 0) is 30.5 Å². The quantitative estimate of drug-likeness (QED) is 0.762. The Hall–Kier alpha value is -1.91. The lowest BCUT2D eigenvalue weighted by molar-refractivity contribution is -0.129. The molecular weight excluding hydrogens is 283 g/mol. The molecule has 1 rings (SSSR count). The van der Waals surface area contributed by atoms with Crippen LogP contribution in [0.25, 0.3) is 0 Å². The molecular formula is C17H25FN2O2. The Morgan fingerprint density at radius 1 is 1.18 bits per heavy atom. The second-order valence-electron chi connectivity index (χ2n) is 5.34. The van der Waals surface area contributed by atoms with Crippen LogP contribution in [0.4, 0.5) is 4.39 Å². The van der Waals surface area contributed by atoms with E-state index >= 15 is 0 Å². The van der Waals surface area contributed by atoms with Crippen molar-refractivity contribution in [2.45, 2.75) is 39.5 Å². The Morgan fingerprint density at radius 3 is 2.45 bits per heavy atom. The number of carbonyl (C=O) groups excluding carboxylic acids is 2. The Kier molecular flexibility index (Phi) is 8.18. The van der Waals surface area contributed by atoms with Gasteiger partial charge in [-0.1, -0.05) is 25.5 Å². The van der Waals surface area contributed by atoms with E-state index in [1.165, 1.54) is 19.1 Å². The van der Waals surface area contributed by atoms with E-state index in [2.05, 4.69) is 12.2 Å². The minimum absolute atomic E-state index is 0.00700. The van der Waals surface area contributed by atoms with Gasteiger partial charge in [0, 0.05) is 33.0 Å². The largest absolute Gasteiger partial charge is 0.356 e. The van der Waals surface area contributed by atoms with Gasteiger partial charge in [-0.25, -0.2) is 4.39 Å². The van der Waals surface area contributed by atoms with Crippen molar-refractivity contribution in [3.63, 3.8) is 0 Å². The van der Waals surface area contributed by atoms with E-state index in [9.17, 15) is 14.0 Å². The van der Waals surface area contributed by atoms with Crippen LogP contribution in [-0.2, 0) is 16.0 Å². The molecule has 0 aromatic heterocycles. The topological polar surface area (TPSA) is 49.4 Å². The van der Waals surface area contributed by atoms with Crippen molar-refractivity contribution in [2.24, 2.45) is 0 Å². The highest BCUT2D eigenvalue weighted by molar-refractivity contribution is 5.78. The SMILES string of the molecule is CCCCN(CCC(=O)NCCc1ccc(F)cc1)C(C)=O. The average molecular weight is 308 g/mol. The predicted molar refractivity (Wildman–Crippen MR) is 84.9 cm³/mol. The van der Waals surface area contributed by atoms with Crippen molar-refractivity contribution in [2.75, 3.05) is 19.6 Å². The second kappa shape index (κ2) is 9.92. The van der Waals surface area contributed by atoms with Gasteiger partial charge in [0.2, 0.25) is 11.8 Å². The number of halogens is 1. The summed E-state index contributed by atoms with van der Waals surface area (Å²) in [6.07, 6.45) is 2.95. The monoisotopic (exact) mass is 308 g/mol. The number of carbonyl (C=O) groups is 2. The fourth-order valence-electron chi connectivity index (χ4n) is 2.10. The zero-order valence-corrected chi connectivity index (χ0v) is 13.4. The molecule has 1 N–H and O–H groups in total. The van der Waals surface area contributed by atoms with Gasteiger partial charge in [-0.3, -0.25) is 9.59 Å². The van der Waals surface area contributed by atoms with E-state index in [4.69, 9.17) is 0 Å². The first kappa shape index (κ1) is 18.1. The maximum Gasteiger partial charge on any atom is 0.221 e. The smallest absolute Gasteiger partial charge is 0.221 e. The van der Waals surface area contributed by atoms with Gasteiger partial charge in [0.1, 0.15) is 5.82 Å². The van der Waals surface area contributed by atoms with Gasteiger partial charge in [0.15, 0.2) is 0 Å². The van der Waals surface area contributed by atoms with Crippen molar-refractivity contribution in [1.29, 1.82) is 0 Å². The number of amides is 2. The number of rotatable bonds is 9. The molecule has 22 heavy (non-hydrogen) atoms. The summed E-state index contributed by atoms with van der Waals surface area (Å²) in [7, 11) is 0. The minimum atomic E-state index is -0.260. The zero-order valence-electron chi connectivity index (χ0n) is 13.4. The van der Waals surface area contributed by atoms with Crippen molar-refractivity contribution < 1.29 is 14.0 Å². The first-order valence-electron chi connectivity index (χ1n) is 7.79. The maximum atomic E-state index is 12.8. The van der Waals surface area contributed by atoms with Crippen LogP contribution in [0.1, 0.15) is 38.7 Å². The molecule has 0 heterocycles. The molecule has 0 spiro atoms. The summed E-state index contributed by atoms with van der Waals surface area (Å²) < 4.78 is 12.8. The lowest BCUT2D eigenvalue weighted by Crippen LogP contribution is -2.35. The number of unbranched alkanes of at least 4 members (excludes halogenated alkanes) is 1. The van der Waals surface area contributed by atoms with E-state index in [-0.39, 0.29) is 17.6 Å². The van der Waals surface area contributed by atoms with E-state index in [0.717, 1.165) is 18.4 Å². The molecule has 0 aliphatic heterocycles. The Balaban J connectivity index is 2.24. The van der Waals surface area contributed by atoms with Crippen LogP contribution < -0.4 is 5.32 Å². The van der Waals surface area contributed by atoms with Crippen LogP contribution in [0.2, 0.25) is 0 Å². The third kappa shape index (κ3) is 7.20. The van der Waals surface area contributed by atoms with Crippen LogP contribution in [0.5, 0.6) is 0 Å². The van der Waals surface area contributed by atoms with Gasteiger partial charge >= 0.3 is 0 Å². The van der Waals surface area contributed by atoms with E-state index in [0.29, 0.717) is 32.5 Å². The Bertz CT molecular complexity index is 474. The molecule has 4 nitrogen and oxygen atoms in total. The predicted octanol–water partition coefficient (Wildman–Crippen LogP) is 2.52. The third-order valence-electron chi connectivity index (χ3n) is 3.48. The molecule has 0 saturated carbocycles. The Morgan fingerprint density at radius 2 is 1.86 bits per heavy atom. The normalized spacial score (nSPS) is 10.3. The number of benzene rings is 1. The summed E-state index contributed by atoms with van der Waals surface area (Å²) in [6, 6.07) is 6.25. The molecule has 0 saturated heterocycles. The number of nitrogens with zero attached hydrogens (tertiary/aromatic N) is 1. The maximum absolute atomic E-state index is 12.8. The fourth-order valence-corrected chi connectivity index (χ4v) is 2.10. The lowest BCUT2D eigenvalue weighted by atomic mass is 10.1. The van der Waals surface area contributed by atoms with Crippen LogP contribution in [0.3, 0.4) is 0 Å². The third-order valence-corrected chi connectivity index (χ3v) is 3.48. The molecule has 0 bridgehead atoms. The van der Waals surface area contributed by atoms with Crippen molar-refractivity contribution in [3.8, 4) is 0 Å². The first-order chi connectivity index (χ1) is 10.5. The lowest BCUT2D eigenvalue weighted by Gasteiger charge is -2.20. The summed E-state index contributed by atoms with van der Waals surface area (Å²) in [5.74, 6) is -0.318. The second-order valence-corrected chi connectivity index (χ2v) is 5.34. The van der Waals surface area contributed by atoms with Crippen LogP contribution in [0.15, 0.2) is 24.3 Å². The summed E-state index contributed by atoms with van der Waals surface area (Å²) in [5.41, 5.74) is 0.981. The highest BCUT2D eigenvalue weighted by Crippen LogP contribution is 2.03. The molecule has 0 unspecified atom stereocenters. The fraction of sp³-hybridized carbons (Fsp3) is 0.529. The van der Waals surface area contributed by atoms with Crippen LogP contribution in [-0.4, -0.2) is 36.3 Å². The molecule has 5 heteroatoms. The standard InChI is InChI=1S/C17H25FN2O2/c1-3-4-12-20(14(2)21)13-10-17(22)19-11-9-15-5-7-16(18)8-6-15/h5-8H,3-4,9-13H2,1-2H3,(H,19,22).